The molecule has 29 heavy (non-hydrogen) atoms. The number of hydrogen-bond acceptors (Lipinski definition) is 7. The summed E-state index contributed by atoms with van der Waals surface area (Å²) in [5.41, 5.74) is 0.337. The van der Waals surface area contributed by atoms with Crippen LogP contribution in [0.15, 0.2) is 47.4 Å². The summed E-state index contributed by atoms with van der Waals surface area (Å²) in [6, 6.07) is 10.8. The van der Waals surface area contributed by atoms with Crippen molar-refractivity contribution in [3.63, 3.8) is 0 Å². The monoisotopic (exact) mass is 423 g/mol. The number of carbonyl (C=O) groups excluding carboxylic acids is 1. The molecular formula is C20H25NO7S. The molecule has 2 rings (SSSR count). The molecule has 0 aliphatic carbocycles. The fourth-order valence-corrected chi connectivity index (χ4v) is 3.27. The number of rotatable bonds is 10. The predicted octanol–water partition coefficient (Wildman–Crippen LogP) is 2.58. The Labute approximate surface area is 171 Å². The molecule has 0 atom stereocenters. The van der Waals surface area contributed by atoms with Crippen LogP contribution in [0.1, 0.15) is 17.3 Å². The molecule has 0 unspecified atom stereocenters. The average Bonchev–Trinajstić information content (AvgIpc) is 2.71. The Hall–Kier alpha value is -2.78. The van der Waals surface area contributed by atoms with E-state index in [1.807, 2.05) is 6.92 Å². The maximum atomic E-state index is 12.2. The second-order valence-corrected chi connectivity index (χ2v) is 8.19. The molecule has 0 amide bonds. The summed E-state index contributed by atoms with van der Waals surface area (Å²) < 4.78 is 46.5. The molecule has 0 fully saturated rings. The van der Waals surface area contributed by atoms with E-state index in [9.17, 15) is 13.2 Å². The van der Waals surface area contributed by atoms with E-state index in [2.05, 4.69) is 0 Å². The highest BCUT2D eigenvalue weighted by atomic mass is 32.2. The molecule has 0 spiro atoms. The molecule has 158 valence electrons. The number of esters is 1. The first-order chi connectivity index (χ1) is 13.8. The van der Waals surface area contributed by atoms with Crippen molar-refractivity contribution in [3.8, 4) is 17.2 Å². The molecule has 0 saturated carbocycles. The maximum absolute atomic E-state index is 12.2. The third kappa shape index (κ3) is 5.85. The topological polar surface area (TPSA) is 91.4 Å². The molecule has 0 heterocycles. The number of methoxy groups -OCH3 is 1. The zero-order valence-corrected chi connectivity index (χ0v) is 17.7. The fourth-order valence-electron chi connectivity index (χ4n) is 2.37. The maximum Gasteiger partial charge on any atom is 0.338 e. The summed E-state index contributed by atoms with van der Waals surface area (Å²) in [5.74, 6) is 0.962. The van der Waals surface area contributed by atoms with E-state index in [0.29, 0.717) is 29.4 Å². The van der Waals surface area contributed by atoms with Gasteiger partial charge in [0.1, 0.15) is 19.0 Å². The van der Waals surface area contributed by atoms with Crippen molar-refractivity contribution in [1.29, 1.82) is 0 Å². The minimum Gasteiger partial charge on any atom is -0.493 e. The molecular weight excluding hydrogens is 398 g/mol. The quantitative estimate of drug-likeness (QED) is 0.428. The molecule has 9 heteroatoms. The number of nitrogens with zero attached hydrogens (tertiary/aromatic N) is 1. The highest BCUT2D eigenvalue weighted by Gasteiger charge is 2.17. The number of ether oxygens (including phenoxy) is 4. The Bertz CT molecular complexity index is 924. The van der Waals surface area contributed by atoms with Crippen LogP contribution in [0.3, 0.4) is 0 Å². The van der Waals surface area contributed by atoms with Gasteiger partial charge in [0.15, 0.2) is 11.5 Å². The van der Waals surface area contributed by atoms with Crippen molar-refractivity contribution in [1.82, 2.24) is 4.31 Å². The van der Waals surface area contributed by atoms with Crippen molar-refractivity contribution in [2.75, 3.05) is 41.0 Å². The van der Waals surface area contributed by atoms with Gasteiger partial charge >= 0.3 is 5.97 Å². The van der Waals surface area contributed by atoms with Crippen molar-refractivity contribution < 1.29 is 32.2 Å². The van der Waals surface area contributed by atoms with Crippen LogP contribution in [0.5, 0.6) is 17.2 Å². The smallest absolute Gasteiger partial charge is 0.338 e. The Morgan fingerprint density at radius 3 is 2.24 bits per heavy atom. The number of sulfonamides is 1. The van der Waals surface area contributed by atoms with Gasteiger partial charge in [0.2, 0.25) is 10.0 Å². The van der Waals surface area contributed by atoms with Gasteiger partial charge in [-0.05, 0) is 49.4 Å². The first-order valence-electron chi connectivity index (χ1n) is 8.93. The highest BCUT2D eigenvalue weighted by molar-refractivity contribution is 7.89. The van der Waals surface area contributed by atoms with Gasteiger partial charge in [-0.15, -0.1) is 0 Å². The fraction of sp³-hybridized carbons (Fsp3) is 0.350. The molecule has 2 aromatic carbocycles. The zero-order chi connectivity index (χ0) is 21.4. The summed E-state index contributed by atoms with van der Waals surface area (Å²) >= 11 is 0. The summed E-state index contributed by atoms with van der Waals surface area (Å²) in [7, 11) is 0.944. The van der Waals surface area contributed by atoms with Crippen LogP contribution in [0.4, 0.5) is 0 Å². The van der Waals surface area contributed by atoms with Gasteiger partial charge in [0.25, 0.3) is 0 Å². The van der Waals surface area contributed by atoms with Crippen LogP contribution in [-0.4, -0.2) is 59.7 Å². The number of hydrogen-bond donors (Lipinski definition) is 0. The van der Waals surface area contributed by atoms with Gasteiger partial charge in [-0.25, -0.2) is 17.5 Å². The van der Waals surface area contributed by atoms with Crippen molar-refractivity contribution >= 4 is 16.0 Å². The first kappa shape index (κ1) is 22.5. The summed E-state index contributed by atoms with van der Waals surface area (Å²) in [6.45, 7) is 2.50. The minimum atomic E-state index is -3.48. The Balaban J connectivity index is 1.87. The normalized spacial score (nSPS) is 11.2. The Morgan fingerprint density at radius 2 is 1.66 bits per heavy atom. The molecule has 0 radical (unpaired) electrons. The van der Waals surface area contributed by atoms with E-state index in [0.717, 1.165) is 4.31 Å². The molecule has 0 aliphatic heterocycles. The lowest BCUT2D eigenvalue weighted by atomic mass is 10.2. The Morgan fingerprint density at radius 1 is 0.966 bits per heavy atom. The van der Waals surface area contributed by atoms with Crippen LogP contribution in [-0.2, 0) is 14.8 Å². The summed E-state index contributed by atoms with van der Waals surface area (Å²) in [4.78, 5) is 12.3. The van der Waals surface area contributed by atoms with E-state index in [4.69, 9.17) is 18.9 Å². The van der Waals surface area contributed by atoms with Crippen molar-refractivity contribution in [3.05, 3.63) is 48.0 Å². The Kier molecular flexibility index (Phi) is 7.86. The molecule has 0 bridgehead atoms. The van der Waals surface area contributed by atoms with Crippen LogP contribution < -0.4 is 14.2 Å². The molecule has 8 nitrogen and oxygen atoms in total. The second kappa shape index (κ2) is 10.1. The molecule has 0 saturated heterocycles. The van der Waals surface area contributed by atoms with Crippen LogP contribution >= 0.6 is 0 Å². The van der Waals surface area contributed by atoms with E-state index in [1.165, 1.54) is 33.3 Å². The van der Waals surface area contributed by atoms with Crippen molar-refractivity contribution in [2.45, 2.75) is 11.8 Å². The van der Waals surface area contributed by atoms with Gasteiger partial charge in [0.05, 0.1) is 24.2 Å². The number of carbonyl (C=O) groups is 1. The lowest BCUT2D eigenvalue weighted by Crippen LogP contribution is -2.22. The van der Waals surface area contributed by atoms with Gasteiger partial charge < -0.3 is 18.9 Å². The first-order valence-corrected chi connectivity index (χ1v) is 10.4. The molecule has 0 N–H and O–H groups in total. The standard InChI is InChI=1S/C20H25NO7S/c1-5-26-18-11-6-15(14-19(18)25-4)20(22)28-13-12-27-16-7-9-17(10-8-16)29(23,24)21(2)3/h6-11,14H,5,12-13H2,1-4H3. The van der Waals surface area contributed by atoms with E-state index >= 15 is 0 Å². The summed E-state index contributed by atoms with van der Waals surface area (Å²) in [6.07, 6.45) is 0. The van der Waals surface area contributed by atoms with Gasteiger partial charge in [-0.2, -0.15) is 0 Å². The van der Waals surface area contributed by atoms with Crippen molar-refractivity contribution in [2.24, 2.45) is 0 Å². The van der Waals surface area contributed by atoms with Gasteiger partial charge in [0, 0.05) is 14.1 Å². The van der Waals surface area contributed by atoms with Crippen LogP contribution in [0.2, 0.25) is 0 Å². The lowest BCUT2D eigenvalue weighted by Gasteiger charge is -2.12. The molecule has 2 aromatic rings. The average molecular weight is 423 g/mol. The SMILES string of the molecule is CCOc1ccc(C(=O)OCCOc2ccc(S(=O)(=O)N(C)C)cc2)cc1OC. The van der Waals surface area contributed by atoms with E-state index < -0.39 is 16.0 Å². The zero-order valence-electron chi connectivity index (χ0n) is 16.9. The van der Waals surface area contributed by atoms with Crippen LogP contribution in [0, 0.1) is 0 Å². The second-order valence-electron chi connectivity index (χ2n) is 6.04. The lowest BCUT2D eigenvalue weighted by molar-refractivity contribution is 0.0450. The van der Waals surface area contributed by atoms with E-state index in [1.54, 1.807) is 30.3 Å². The van der Waals surface area contributed by atoms with Gasteiger partial charge in [-0.3, -0.25) is 0 Å². The molecule has 0 aromatic heterocycles. The van der Waals surface area contributed by atoms with Crippen LogP contribution in [0.25, 0.3) is 0 Å². The van der Waals surface area contributed by atoms with E-state index in [-0.39, 0.29) is 18.1 Å². The largest absolute Gasteiger partial charge is 0.493 e. The highest BCUT2D eigenvalue weighted by Crippen LogP contribution is 2.28. The minimum absolute atomic E-state index is 0.0338. The third-order valence-corrected chi connectivity index (χ3v) is 5.72. The molecule has 0 aliphatic rings. The predicted molar refractivity (Wildman–Crippen MR) is 107 cm³/mol. The third-order valence-electron chi connectivity index (χ3n) is 3.89. The summed E-state index contributed by atoms with van der Waals surface area (Å²) in [5, 5.41) is 0. The number of benzene rings is 2. The van der Waals surface area contributed by atoms with Gasteiger partial charge in [-0.1, -0.05) is 0 Å².